The van der Waals surface area contributed by atoms with Crippen molar-refractivity contribution in [3.63, 3.8) is 0 Å². The summed E-state index contributed by atoms with van der Waals surface area (Å²) in [5, 5.41) is 13.8. The molecule has 4 aromatic rings. The van der Waals surface area contributed by atoms with Gasteiger partial charge in [-0.05, 0) is 48.0 Å². The maximum atomic E-state index is 13.0. The van der Waals surface area contributed by atoms with E-state index in [4.69, 9.17) is 27.2 Å². The lowest BCUT2D eigenvalue weighted by Crippen LogP contribution is -2.30. The van der Waals surface area contributed by atoms with E-state index < -0.39 is 5.97 Å². The molecule has 3 aromatic carbocycles. The van der Waals surface area contributed by atoms with Crippen molar-refractivity contribution in [2.45, 2.75) is 13.0 Å². The van der Waals surface area contributed by atoms with Crippen molar-refractivity contribution in [2.24, 2.45) is 0 Å². The molecule has 1 aromatic heterocycles. The number of para-hydroxylation sites is 1. The summed E-state index contributed by atoms with van der Waals surface area (Å²) < 4.78 is 8.04. The van der Waals surface area contributed by atoms with E-state index in [9.17, 15) is 9.59 Å². The molecule has 0 unspecified atom stereocenters. The van der Waals surface area contributed by atoms with E-state index in [1.54, 1.807) is 10.8 Å². The number of hydrogen-bond donors (Lipinski definition) is 1. The number of carboxylic acids is 1. The first-order valence-electron chi connectivity index (χ1n) is 11.9. The number of carbonyl (C=O) groups is 2. The summed E-state index contributed by atoms with van der Waals surface area (Å²) in [5.74, 6) is -0.545. The van der Waals surface area contributed by atoms with Gasteiger partial charge in [0.25, 0.3) is 5.91 Å². The van der Waals surface area contributed by atoms with Gasteiger partial charge in [0, 0.05) is 23.9 Å². The van der Waals surface area contributed by atoms with Crippen LogP contribution in [0.4, 0.5) is 0 Å². The Bertz CT molecular complexity index is 1500. The number of amides is 1. The van der Waals surface area contributed by atoms with E-state index >= 15 is 0 Å². The number of aliphatic carboxylic acids is 1. The molecule has 2 heterocycles. The second kappa shape index (κ2) is 11.5. The van der Waals surface area contributed by atoms with Gasteiger partial charge in [-0.15, -0.1) is 0 Å². The lowest BCUT2D eigenvalue weighted by Gasteiger charge is -2.12. The molecule has 0 aliphatic carbocycles. The van der Waals surface area contributed by atoms with Crippen LogP contribution in [0.15, 0.2) is 96.0 Å². The molecule has 0 bridgehead atoms. The van der Waals surface area contributed by atoms with Gasteiger partial charge in [-0.25, -0.2) is 4.68 Å². The molecule has 190 valence electrons. The average molecular weight is 542 g/mol. The van der Waals surface area contributed by atoms with Crippen LogP contribution in [0.1, 0.15) is 17.5 Å². The van der Waals surface area contributed by atoms with Gasteiger partial charge in [0.15, 0.2) is 0 Å². The summed E-state index contributed by atoms with van der Waals surface area (Å²) in [6, 6.07) is 27.3. The predicted molar refractivity (Wildman–Crippen MR) is 152 cm³/mol. The Morgan fingerprint density at radius 2 is 1.68 bits per heavy atom. The van der Waals surface area contributed by atoms with Gasteiger partial charge in [0.1, 0.15) is 16.7 Å². The number of carboxylic acid groups (broad SMARTS) is 1. The number of aromatic nitrogens is 2. The van der Waals surface area contributed by atoms with Crippen LogP contribution in [0, 0.1) is 0 Å². The van der Waals surface area contributed by atoms with Crippen molar-refractivity contribution in [3.8, 4) is 22.7 Å². The number of ether oxygens (including phenoxy) is 1. The van der Waals surface area contributed by atoms with Crippen LogP contribution in [0.5, 0.6) is 5.75 Å². The fourth-order valence-electron chi connectivity index (χ4n) is 3.92. The van der Waals surface area contributed by atoms with Crippen molar-refractivity contribution in [1.82, 2.24) is 14.7 Å². The van der Waals surface area contributed by atoms with Crippen LogP contribution in [0.2, 0.25) is 0 Å². The first-order chi connectivity index (χ1) is 18.5. The molecule has 0 atom stereocenters. The Morgan fingerprint density at radius 1 is 1.00 bits per heavy atom. The van der Waals surface area contributed by atoms with E-state index in [0.717, 1.165) is 39.9 Å². The summed E-state index contributed by atoms with van der Waals surface area (Å²) in [5.41, 5.74) is 4.26. The predicted octanol–water partition coefficient (Wildman–Crippen LogP) is 5.79. The van der Waals surface area contributed by atoms with Crippen LogP contribution in [-0.4, -0.2) is 42.5 Å². The first-order valence-corrected chi connectivity index (χ1v) is 13.1. The summed E-state index contributed by atoms with van der Waals surface area (Å²) in [7, 11) is 0. The monoisotopic (exact) mass is 541 g/mol. The first kappa shape index (κ1) is 25.4. The fourth-order valence-corrected chi connectivity index (χ4v) is 5.22. The van der Waals surface area contributed by atoms with Crippen molar-refractivity contribution < 1.29 is 19.4 Å². The molecule has 9 heteroatoms. The van der Waals surface area contributed by atoms with Crippen LogP contribution < -0.4 is 4.74 Å². The summed E-state index contributed by atoms with van der Waals surface area (Å²) in [6.45, 7) is 0.510. The maximum Gasteiger partial charge on any atom is 0.305 e. The van der Waals surface area contributed by atoms with Gasteiger partial charge in [0.2, 0.25) is 0 Å². The Morgan fingerprint density at radius 3 is 2.37 bits per heavy atom. The third-order valence-electron chi connectivity index (χ3n) is 5.85. The molecule has 7 nitrogen and oxygen atoms in total. The standard InChI is InChI=1S/C29H23N3O4S2/c33-26(34)15-16-31-28(35)25(38-29(31)37)17-22-18-32(23-9-5-2-6-10-23)30-27(22)21-11-13-24(14-12-21)36-19-20-7-3-1-4-8-20/h1-14,17-18H,15-16,19H2,(H,33,34). The van der Waals surface area contributed by atoms with E-state index in [0.29, 0.717) is 21.5 Å². The van der Waals surface area contributed by atoms with Gasteiger partial charge < -0.3 is 9.84 Å². The lowest BCUT2D eigenvalue weighted by atomic mass is 10.1. The number of benzene rings is 3. The molecule has 0 saturated carbocycles. The summed E-state index contributed by atoms with van der Waals surface area (Å²) in [4.78, 5) is 25.8. The highest BCUT2D eigenvalue weighted by Gasteiger charge is 2.32. The minimum absolute atomic E-state index is 0.0396. The number of rotatable bonds is 9. The van der Waals surface area contributed by atoms with Gasteiger partial charge in [-0.2, -0.15) is 5.10 Å². The lowest BCUT2D eigenvalue weighted by molar-refractivity contribution is -0.137. The fraction of sp³-hybridized carbons (Fsp3) is 0.103. The number of hydrogen-bond acceptors (Lipinski definition) is 6. The second-order valence-electron chi connectivity index (χ2n) is 8.49. The van der Waals surface area contributed by atoms with Crippen LogP contribution in [0.25, 0.3) is 23.0 Å². The number of thioether (sulfide) groups is 1. The summed E-state index contributed by atoms with van der Waals surface area (Å²) >= 11 is 6.51. The zero-order chi connectivity index (χ0) is 26.5. The number of carbonyl (C=O) groups excluding carboxylic acids is 1. The van der Waals surface area contributed by atoms with Crippen molar-refractivity contribution in [2.75, 3.05) is 6.54 Å². The minimum atomic E-state index is -0.981. The number of thiocarbonyl (C=S) groups is 1. The van der Waals surface area contributed by atoms with Gasteiger partial charge in [-0.1, -0.05) is 72.5 Å². The summed E-state index contributed by atoms with van der Waals surface area (Å²) in [6.07, 6.45) is 3.46. The topological polar surface area (TPSA) is 84.7 Å². The molecule has 1 fully saturated rings. The molecule has 1 aliphatic rings. The Hall–Kier alpha value is -4.21. The van der Waals surface area contributed by atoms with Crippen LogP contribution >= 0.6 is 24.0 Å². The molecule has 1 N–H and O–H groups in total. The largest absolute Gasteiger partial charge is 0.489 e. The highest BCUT2D eigenvalue weighted by atomic mass is 32.2. The van der Waals surface area contributed by atoms with Crippen molar-refractivity contribution in [3.05, 3.63) is 107 Å². The van der Waals surface area contributed by atoms with Gasteiger partial charge in [-0.3, -0.25) is 14.5 Å². The Kier molecular flexibility index (Phi) is 7.67. The highest BCUT2D eigenvalue weighted by molar-refractivity contribution is 8.26. The molecule has 0 spiro atoms. The maximum absolute atomic E-state index is 13.0. The van der Waals surface area contributed by atoms with E-state index in [-0.39, 0.29) is 18.9 Å². The molecule has 5 rings (SSSR count). The Labute approximate surface area is 229 Å². The molecular formula is C29H23N3O4S2. The zero-order valence-corrected chi connectivity index (χ0v) is 21.8. The van der Waals surface area contributed by atoms with Gasteiger partial charge in [0.05, 0.1) is 22.7 Å². The molecule has 1 aliphatic heterocycles. The quantitative estimate of drug-likeness (QED) is 0.212. The van der Waals surface area contributed by atoms with E-state index in [1.165, 1.54) is 4.90 Å². The molecule has 1 saturated heterocycles. The van der Waals surface area contributed by atoms with Crippen molar-refractivity contribution >= 4 is 46.3 Å². The molecule has 0 radical (unpaired) electrons. The Balaban J connectivity index is 1.44. The third-order valence-corrected chi connectivity index (χ3v) is 7.23. The van der Waals surface area contributed by atoms with E-state index in [2.05, 4.69) is 0 Å². The SMILES string of the molecule is O=C(O)CCN1C(=O)C(=Cc2cn(-c3ccccc3)nc2-c2ccc(OCc3ccccc3)cc2)SC1=S. The van der Waals surface area contributed by atoms with Crippen molar-refractivity contribution in [1.29, 1.82) is 0 Å². The van der Waals surface area contributed by atoms with Gasteiger partial charge >= 0.3 is 5.97 Å². The van der Waals surface area contributed by atoms with Crippen LogP contribution in [-0.2, 0) is 16.2 Å². The molecule has 1 amide bonds. The smallest absolute Gasteiger partial charge is 0.305 e. The van der Waals surface area contributed by atoms with Crippen LogP contribution in [0.3, 0.4) is 0 Å². The highest BCUT2D eigenvalue weighted by Crippen LogP contribution is 2.35. The third kappa shape index (κ3) is 5.85. The minimum Gasteiger partial charge on any atom is -0.489 e. The number of nitrogens with zero attached hydrogens (tertiary/aromatic N) is 3. The second-order valence-corrected chi connectivity index (χ2v) is 10.2. The zero-order valence-electron chi connectivity index (χ0n) is 20.2. The molecule has 38 heavy (non-hydrogen) atoms. The molecular weight excluding hydrogens is 518 g/mol. The average Bonchev–Trinajstić information content (AvgIpc) is 3.47. The normalized spacial score (nSPS) is 14.3. The van der Waals surface area contributed by atoms with E-state index in [1.807, 2.05) is 91.1 Å².